The number of aromatic nitrogens is 2. The van der Waals surface area contributed by atoms with Gasteiger partial charge in [0.1, 0.15) is 5.41 Å². The zero-order chi connectivity index (χ0) is 14.7. The fraction of sp³-hybridized carbons (Fsp3) is 0.727. The van der Waals surface area contributed by atoms with Gasteiger partial charge in [0.05, 0.1) is 13.0 Å². The molecule has 0 aliphatic heterocycles. The molecule has 108 valence electrons. The summed E-state index contributed by atoms with van der Waals surface area (Å²) in [5, 5.41) is 3.43. The van der Waals surface area contributed by atoms with E-state index in [4.69, 9.17) is 9.26 Å². The summed E-state index contributed by atoms with van der Waals surface area (Å²) in [6.07, 6.45) is -5.70. The molecule has 1 aromatic rings. The van der Waals surface area contributed by atoms with E-state index in [0.717, 1.165) is 0 Å². The molecule has 0 aliphatic rings. The van der Waals surface area contributed by atoms with Crippen molar-refractivity contribution < 1.29 is 27.2 Å². The predicted molar refractivity (Wildman–Crippen MR) is 58.3 cm³/mol. The maximum atomic E-state index is 12.1. The van der Waals surface area contributed by atoms with Gasteiger partial charge in [0, 0.05) is 6.42 Å². The number of halogens is 3. The zero-order valence-corrected chi connectivity index (χ0v) is 10.9. The molecule has 0 saturated carbocycles. The minimum absolute atomic E-state index is 0.0527. The molecule has 1 heterocycles. The number of carbonyl (C=O) groups is 1. The Morgan fingerprint density at radius 2 is 2.00 bits per heavy atom. The quantitative estimate of drug-likeness (QED) is 0.775. The molecule has 0 atom stereocenters. The molecule has 0 saturated heterocycles. The number of ether oxygens (including phenoxy) is 1. The van der Waals surface area contributed by atoms with E-state index in [9.17, 15) is 18.0 Å². The van der Waals surface area contributed by atoms with E-state index in [-0.39, 0.29) is 24.7 Å². The molecule has 19 heavy (non-hydrogen) atoms. The van der Waals surface area contributed by atoms with Crippen molar-refractivity contribution in [3.8, 4) is 0 Å². The first-order valence-electron chi connectivity index (χ1n) is 5.74. The highest BCUT2D eigenvalue weighted by molar-refractivity contribution is 5.80. The number of aryl methyl sites for hydroxylation is 1. The van der Waals surface area contributed by atoms with Crippen molar-refractivity contribution >= 4 is 5.97 Å². The van der Waals surface area contributed by atoms with Gasteiger partial charge in [-0.3, -0.25) is 4.79 Å². The van der Waals surface area contributed by atoms with Crippen molar-refractivity contribution in [3.05, 3.63) is 11.7 Å². The third-order valence-corrected chi connectivity index (χ3v) is 2.42. The van der Waals surface area contributed by atoms with Crippen LogP contribution in [0, 0.1) is 0 Å². The van der Waals surface area contributed by atoms with Crippen LogP contribution in [0.2, 0.25) is 0 Å². The number of hydrogen-bond donors (Lipinski definition) is 0. The highest BCUT2D eigenvalue weighted by Crippen LogP contribution is 2.25. The molecule has 0 aliphatic carbocycles. The zero-order valence-electron chi connectivity index (χ0n) is 10.9. The molecule has 0 radical (unpaired) electrons. The van der Waals surface area contributed by atoms with E-state index in [1.165, 1.54) is 13.8 Å². The van der Waals surface area contributed by atoms with Crippen LogP contribution in [0.25, 0.3) is 0 Å². The highest BCUT2D eigenvalue weighted by atomic mass is 19.4. The molecule has 0 amide bonds. The lowest BCUT2D eigenvalue weighted by molar-refractivity contribution is -0.149. The van der Waals surface area contributed by atoms with Gasteiger partial charge in [-0.1, -0.05) is 5.16 Å². The lowest BCUT2D eigenvalue weighted by Crippen LogP contribution is -2.31. The second kappa shape index (κ2) is 5.58. The van der Waals surface area contributed by atoms with Crippen molar-refractivity contribution in [3.63, 3.8) is 0 Å². The van der Waals surface area contributed by atoms with E-state index < -0.39 is 24.0 Å². The van der Waals surface area contributed by atoms with Crippen LogP contribution in [0.4, 0.5) is 13.2 Å². The van der Waals surface area contributed by atoms with Crippen molar-refractivity contribution in [1.82, 2.24) is 10.1 Å². The van der Waals surface area contributed by atoms with Crippen molar-refractivity contribution in [2.75, 3.05) is 6.61 Å². The van der Waals surface area contributed by atoms with Gasteiger partial charge in [-0.05, 0) is 20.8 Å². The van der Waals surface area contributed by atoms with E-state index in [1.807, 2.05) is 0 Å². The Morgan fingerprint density at radius 1 is 1.37 bits per heavy atom. The molecule has 0 unspecified atom stereocenters. The third-order valence-electron chi connectivity index (χ3n) is 2.42. The van der Waals surface area contributed by atoms with Crippen LogP contribution in [0.3, 0.4) is 0 Å². The Balaban J connectivity index is 2.76. The molecule has 5 nitrogen and oxygen atoms in total. The molecule has 1 rings (SSSR count). The Kier molecular flexibility index (Phi) is 4.54. The van der Waals surface area contributed by atoms with Crippen molar-refractivity contribution in [1.29, 1.82) is 0 Å². The maximum absolute atomic E-state index is 12.1. The molecule has 1 aromatic heterocycles. The fourth-order valence-electron chi connectivity index (χ4n) is 1.26. The first kappa shape index (κ1) is 15.5. The summed E-state index contributed by atoms with van der Waals surface area (Å²) < 4.78 is 45.8. The smallest absolute Gasteiger partial charge is 0.389 e. The summed E-state index contributed by atoms with van der Waals surface area (Å²) in [7, 11) is 0. The summed E-state index contributed by atoms with van der Waals surface area (Å²) in [6.45, 7) is 4.85. The van der Waals surface area contributed by atoms with Gasteiger partial charge in [-0.25, -0.2) is 0 Å². The molecule has 0 spiro atoms. The summed E-state index contributed by atoms with van der Waals surface area (Å²) in [6, 6.07) is 0. The molecule has 0 aromatic carbocycles. The molecule has 0 fully saturated rings. The Labute approximate surface area is 108 Å². The Morgan fingerprint density at radius 3 is 2.53 bits per heavy atom. The Bertz CT molecular complexity index is 441. The van der Waals surface area contributed by atoms with E-state index in [0.29, 0.717) is 0 Å². The van der Waals surface area contributed by atoms with Gasteiger partial charge >= 0.3 is 12.1 Å². The first-order valence-corrected chi connectivity index (χ1v) is 5.74. The van der Waals surface area contributed by atoms with E-state index >= 15 is 0 Å². The second-order valence-electron chi connectivity index (χ2n) is 4.48. The fourth-order valence-corrected chi connectivity index (χ4v) is 1.26. The van der Waals surface area contributed by atoms with E-state index in [2.05, 4.69) is 10.1 Å². The molecule has 0 N–H and O–H groups in total. The van der Waals surface area contributed by atoms with Gasteiger partial charge in [0.25, 0.3) is 0 Å². The summed E-state index contributed by atoms with van der Waals surface area (Å²) >= 11 is 0. The van der Waals surface area contributed by atoms with Crippen LogP contribution >= 0.6 is 0 Å². The lowest BCUT2D eigenvalue weighted by atomic mass is 9.94. The van der Waals surface area contributed by atoms with Gasteiger partial charge < -0.3 is 9.26 Å². The molecular weight excluding hydrogens is 265 g/mol. The van der Waals surface area contributed by atoms with Crippen LogP contribution in [-0.4, -0.2) is 28.9 Å². The SMILES string of the molecule is CCOC(=O)C(C)(C)c1nc(CCC(F)(F)F)no1. The van der Waals surface area contributed by atoms with Crippen LogP contribution in [0.5, 0.6) is 0 Å². The summed E-state index contributed by atoms with van der Waals surface area (Å²) in [5.74, 6) is -0.700. The minimum Gasteiger partial charge on any atom is -0.465 e. The van der Waals surface area contributed by atoms with Crippen LogP contribution in [0.1, 0.15) is 38.9 Å². The molecular formula is C11H15F3N2O3. The van der Waals surface area contributed by atoms with Gasteiger partial charge in [0.2, 0.25) is 5.89 Å². The van der Waals surface area contributed by atoms with Crippen LogP contribution in [-0.2, 0) is 21.4 Å². The lowest BCUT2D eigenvalue weighted by Gasteiger charge is -2.16. The Hall–Kier alpha value is -1.60. The number of nitrogens with zero attached hydrogens (tertiary/aromatic N) is 2. The van der Waals surface area contributed by atoms with Crippen LogP contribution < -0.4 is 0 Å². The van der Waals surface area contributed by atoms with E-state index in [1.54, 1.807) is 6.92 Å². The number of carbonyl (C=O) groups excluding carboxylic acids is 1. The highest BCUT2D eigenvalue weighted by Gasteiger charge is 2.37. The topological polar surface area (TPSA) is 65.2 Å². The summed E-state index contributed by atoms with van der Waals surface area (Å²) in [4.78, 5) is 15.5. The molecule has 0 bridgehead atoms. The second-order valence-corrected chi connectivity index (χ2v) is 4.48. The normalized spacial score (nSPS) is 12.5. The number of alkyl halides is 3. The largest absolute Gasteiger partial charge is 0.465 e. The predicted octanol–water partition coefficient (Wildman–Crippen LogP) is 2.41. The van der Waals surface area contributed by atoms with Gasteiger partial charge in [0.15, 0.2) is 5.82 Å². The number of hydrogen-bond acceptors (Lipinski definition) is 5. The average Bonchev–Trinajstić information content (AvgIpc) is 2.75. The number of esters is 1. The summed E-state index contributed by atoms with van der Waals surface area (Å²) in [5.41, 5.74) is -1.18. The average molecular weight is 280 g/mol. The van der Waals surface area contributed by atoms with Crippen LogP contribution in [0.15, 0.2) is 4.52 Å². The molecule has 8 heteroatoms. The van der Waals surface area contributed by atoms with Gasteiger partial charge in [-0.15, -0.1) is 0 Å². The van der Waals surface area contributed by atoms with Crippen molar-refractivity contribution in [2.45, 2.75) is 45.2 Å². The number of rotatable bonds is 5. The third kappa shape index (κ3) is 4.22. The van der Waals surface area contributed by atoms with Crippen molar-refractivity contribution in [2.24, 2.45) is 0 Å². The maximum Gasteiger partial charge on any atom is 0.389 e. The van der Waals surface area contributed by atoms with Gasteiger partial charge in [-0.2, -0.15) is 18.2 Å². The first-order chi connectivity index (χ1) is 8.66. The monoisotopic (exact) mass is 280 g/mol. The minimum atomic E-state index is -4.28. The standard InChI is InChI=1S/C11H15F3N2O3/c1-4-18-9(17)10(2,3)8-15-7(16-19-8)5-6-11(12,13)14/h4-6H2,1-3H3.